The Kier molecular flexibility index (Phi) is 10.4. The van der Waals surface area contributed by atoms with Crippen LogP contribution in [0, 0.1) is 18.3 Å². The number of aromatic nitrogens is 3. The lowest BCUT2D eigenvalue weighted by Crippen LogP contribution is -2.42. The summed E-state index contributed by atoms with van der Waals surface area (Å²) in [5, 5.41) is 16.8. The Hall–Kier alpha value is -5.36. The first kappa shape index (κ1) is 34.5. The van der Waals surface area contributed by atoms with Crippen LogP contribution in [0.4, 0.5) is 11.4 Å². The van der Waals surface area contributed by atoms with E-state index in [4.69, 9.17) is 20.3 Å². The van der Waals surface area contributed by atoms with E-state index < -0.39 is 0 Å². The maximum absolute atomic E-state index is 13.8. The average Bonchev–Trinajstić information content (AvgIpc) is 3.78. The van der Waals surface area contributed by atoms with Crippen LogP contribution >= 0.6 is 0 Å². The van der Waals surface area contributed by atoms with Crippen molar-refractivity contribution < 1.29 is 18.7 Å². The molecule has 2 aliphatic rings. The number of nitrogen functional groups attached to an aromatic ring is 1. The van der Waals surface area contributed by atoms with Crippen LogP contribution in [0.15, 0.2) is 71.3 Å². The lowest BCUT2D eigenvalue weighted by molar-refractivity contribution is -0.132. The second kappa shape index (κ2) is 15.0. The summed E-state index contributed by atoms with van der Waals surface area (Å²) in [5.41, 5.74) is 12.0. The maximum Gasteiger partial charge on any atom is 0.247 e. The van der Waals surface area contributed by atoms with Crippen molar-refractivity contribution in [1.29, 1.82) is 5.41 Å². The van der Waals surface area contributed by atoms with E-state index in [1.807, 2.05) is 56.0 Å². The summed E-state index contributed by atoms with van der Waals surface area (Å²) in [5.74, 6) is 1.37. The Morgan fingerprint density at radius 2 is 1.86 bits per heavy atom. The fraction of sp³-hybridized carbons (Fsp3) is 0.368. The molecular weight excluding hydrogens is 632 g/mol. The maximum atomic E-state index is 13.8. The van der Waals surface area contributed by atoms with Crippen molar-refractivity contribution in [2.45, 2.75) is 46.6 Å². The molecule has 2 aliphatic heterocycles. The second-order valence-corrected chi connectivity index (χ2v) is 13.0. The smallest absolute Gasteiger partial charge is 0.247 e. The normalized spacial score (nSPS) is 16.4. The van der Waals surface area contributed by atoms with E-state index in [-0.39, 0.29) is 36.1 Å². The Bertz CT molecular complexity index is 1880. The highest BCUT2D eigenvalue weighted by Crippen LogP contribution is 2.29. The van der Waals surface area contributed by atoms with E-state index in [1.54, 1.807) is 42.3 Å². The summed E-state index contributed by atoms with van der Waals surface area (Å²) < 4.78 is 11.2. The standard InChI is InChI=1S/C38H44N8O4/c1-5-46(31-11-12-33(39)32(20-31)36(40)29-10-13-34(41-21-29)49-24(2)3)38(48)30-14-17-44(22-30)23-35(47)45-18-15-27(16-19-45)26-6-8-28(9-7-26)37-43-42-25(4)50-37/h6-13,15,20-21,24,30,40H,5,14,16-19,22-23,39H2,1-4H3. The van der Waals surface area contributed by atoms with Gasteiger partial charge in [-0.1, -0.05) is 18.2 Å². The third-order valence-corrected chi connectivity index (χ3v) is 9.15. The van der Waals surface area contributed by atoms with Crippen molar-refractivity contribution in [2.75, 3.05) is 49.9 Å². The molecule has 2 amide bonds. The van der Waals surface area contributed by atoms with E-state index in [9.17, 15) is 9.59 Å². The van der Waals surface area contributed by atoms with Crippen molar-refractivity contribution in [3.63, 3.8) is 0 Å². The average molecular weight is 677 g/mol. The molecule has 2 aromatic carbocycles. The number of rotatable bonds is 11. The van der Waals surface area contributed by atoms with E-state index in [1.165, 1.54) is 5.57 Å². The number of nitrogens with two attached hydrogens (primary N) is 1. The Morgan fingerprint density at radius 1 is 1.08 bits per heavy atom. The van der Waals surface area contributed by atoms with Crippen LogP contribution in [0.5, 0.6) is 5.88 Å². The van der Waals surface area contributed by atoms with Crippen molar-refractivity contribution in [3.05, 3.63) is 89.5 Å². The minimum Gasteiger partial charge on any atom is -0.475 e. The van der Waals surface area contributed by atoms with Gasteiger partial charge in [0.05, 0.1) is 24.3 Å². The lowest BCUT2D eigenvalue weighted by atomic mass is 9.98. The van der Waals surface area contributed by atoms with Gasteiger partial charge in [0.25, 0.3) is 0 Å². The number of carbonyl (C=O) groups is 2. The number of nitrogens with zero attached hydrogens (tertiary/aromatic N) is 6. The zero-order valence-electron chi connectivity index (χ0n) is 29.1. The first-order valence-electron chi connectivity index (χ1n) is 17.1. The van der Waals surface area contributed by atoms with Gasteiger partial charge in [-0.25, -0.2) is 4.98 Å². The number of carbonyl (C=O) groups excluding carboxylic acids is 2. The summed E-state index contributed by atoms with van der Waals surface area (Å²) in [6.45, 7) is 10.7. The SMILES string of the molecule is CCN(C(=O)C1CCN(CC(=O)N2CC=C(c3ccc(-c4nnc(C)o4)cc3)CC2)C1)c1ccc(N)c(C(=N)c2ccc(OC(C)C)nc2)c1. The predicted molar refractivity (Wildman–Crippen MR) is 193 cm³/mol. The number of benzene rings is 2. The van der Waals surface area contributed by atoms with Gasteiger partial charge in [0.1, 0.15) is 0 Å². The Balaban J connectivity index is 1.03. The molecular formula is C38H44N8O4. The van der Waals surface area contributed by atoms with E-state index >= 15 is 0 Å². The second-order valence-electron chi connectivity index (χ2n) is 13.0. The monoisotopic (exact) mass is 676 g/mol. The first-order valence-corrected chi connectivity index (χ1v) is 17.1. The number of ether oxygens (including phenoxy) is 1. The number of anilines is 2. The largest absolute Gasteiger partial charge is 0.475 e. The summed E-state index contributed by atoms with van der Waals surface area (Å²) in [7, 11) is 0. The van der Waals surface area contributed by atoms with E-state index in [2.05, 4.69) is 26.2 Å². The number of likely N-dealkylation sites (tertiary alicyclic amines) is 1. The highest BCUT2D eigenvalue weighted by Gasteiger charge is 2.33. The number of hydrogen-bond donors (Lipinski definition) is 2. The molecule has 260 valence electrons. The van der Waals surface area contributed by atoms with Crippen LogP contribution < -0.4 is 15.4 Å². The molecule has 6 rings (SSSR count). The lowest BCUT2D eigenvalue weighted by Gasteiger charge is -2.29. The summed E-state index contributed by atoms with van der Waals surface area (Å²) in [4.78, 5) is 37.2. The van der Waals surface area contributed by atoms with Crippen molar-refractivity contribution in [2.24, 2.45) is 5.92 Å². The number of aryl methyl sites for hydroxylation is 1. The summed E-state index contributed by atoms with van der Waals surface area (Å²) >= 11 is 0. The number of amides is 2. The van der Waals surface area contributed by atoms with Crippen LogP contribution in [0.25, 0.3) is 17.0 Å². The van der Waals surface area contributed by atoms with Gasteiger partial charge in [-0.3, -0.25) is 19.9 Å². The van der Waals surface area contributed by atoms with Gasteiger partial charge in [-0.05, 0) is 87.7 Å². The number of hydrogen-bond acceptors (Lipinski definition) is 10. The van der Waals surface area contributed by atoms with Gasteiger partial charge < -0.3 is 24.7 Å². The topological polar surface area (TPSA) is 155 Å². The molecule has 12 nitrogen and oxygen atoms in total. The van der Waals surface area contributed by atoms with Crippen LogP contribution in [0.1, 0.15) is 56.2 Å². The Morgan fingerprint density at radius 3 is 2.50 bits per heavy atom. The minimum absolute atomic E-state index is 0.00308. The molecule has 0 saturated carbocycles. The molecule has 1 fully saturated rings. The molecule has 1 saturated heterocycles. The fourth-order valence-electron chi connectivity index (χ4n) is 6.48. The first-order chi connectivity index (χ1) is 24.1. The molecule has 50 heavy (non-hydrogen) atoms. The van der Waals surface area contributed by atoms with Gasteiger partial charge in [0.2, 0.25) is 29.5 Å². The molecule has 0 aliphatic carbocycles. The van der Waals surface area contributed by atoms with Gasteiger partial charge in [0, 0.05) is 73.4 Å². The highest BCUT2D eigenvalue weighted by atomic mass is 16.5. The van der Waals surface area contributed by atoms with Gasteiger partial charge >= 0.3 is 0 Å². The van der Waals surface area contributed by atoms with E-state index in [0.717, 1.165) is 17.5 Å². The highest BCUT2D eigenvalue weighted by molar-refractivity contribution is 6.14. The summed E-state index contributed by atoms with van der Waals surface area (Å²) in [6, 6.07) is 16.9. The van der Waals surface area contributed by atoms with Crippen molar-refractivity contribution in [3.8, 4) is 17.3 Å². The minimum atomic E-state index is -0.229. The van der Waals surface area contributed by atoms with Crippen molar-refractivity contribution >= 4 is 34.5 Å². The molecule has 0 bridgehead atoms. The van der Waals surface area contributed by atoms with Crippen LogP contribution in [0.2, 0.25) is 0 Å². The zero-order chi connectivity index (χ0) is 35.4. The predicted octanol–water partition coefficient (Wildman–Crippen LogP) is 5.22. The van der Waals surface area contributed by atoms with Gasteiger partial charge in [0.15, 0.2) is 0 Å². The molecule has 1 unspecified atom stereocenters. The van der Waals surface area contributed by atoms with Gasteiger partial charge in [-0.15, -0.1) is 10.2 Å². The van der Waals surface area contributed by atoms with Crippen LogP contribution in [-0.2, 0) is 9.59 Å². The van der Waals surface area contributed by atoms with E-state index in [0.29, 0.717) is 79.3 Å². The molecule has 12 heteroatoms. The number of pyridine rings is 1. The molecule has 4 heterocycles. The van der Waals surface area contributed by atoms with Crippen LogP contribution in [0.3, 0.4) is 0 Å². The van der Waals surface area contributed by atoms with Crippen molar-refractivity contribution in [1.82, 2.24) is 25.0 Å². The third-order valence-electron chi connectivity index (χ3n) is 9.15. The molecule has 4 aromatic rings. The molecule has 2 aromatic heterocycles. The molecule has 0 spiro atoms. The zero-order valence-corrected chi connectivity index (χ0v) is 29.1. The summed E-state index contributed by atoms with van der Waals surface area (Å²) in [6.07, 6.45) is 5.17. The third kappa shape index (κ3) is 7.76. The van der Waals surface area contributed by atoms with Crippen LogP contribution in [-0.4, -0.2) is 87.9 Å². The Labute approximate surface area is 292 Å². The van der Waals surface area contributed by atoms with Gasteiger partial charge in [-0.2, -0.15) is 0 Å². The molecule has 0 radical (unpaired) electrons. The molecule has 3 N–H and O–H groups in total. The molecule has 1 atom stereocenters. The number of nitrogens with one attached hydrogen (secondary N) is 1. The quantitative estimate of drug-likeness (QED) is 0.161. The fourth-order valence-corrected chi connectivity index (χ4v) is 6.48.